The largest absolute Gasteiger partial charge is 0.423 e. The molecule has 0 fully saturated rings. The van der Waals surface area contributed by atoms with Crippen LogP contribution in [0.5, 0.6) is 0 Å². The first kappa shape index (κ1) is 27.0. The van der Waals surface area contributed by atoms with E-state index in [4.69, 9.17) is 0 Å². The molecule has 0 aliphatic carbocycles. The highest BCUT2D eigenvalue weighted by molar-refractivity contribution is 6.09. The molecule has 1 amide bonds. The Morgan fingerprint density at radius 1 is 1.12 bits per heavy atom. The number of nitrogens with one attached hydrogen (secondary N) is 1. The van der Waals surface area contributed by atoms with E-state index < -0.39 is 29.7 Å². The fourth-order valence-corrected chi connectivity index (χ4v) is 4.85. The number of pyridine rings is 1. The molecule has 0 saturated heterocycles. The minimum Gasteiger partial charge on any atom is -0.392 e. The summed E-state index contributed by atoms with van der Waals surface area (Å²) < 4.78 is 45.7. The van der Waals surface area contributed by atoms with Crippen LogP contribution in [0.1, 0.15) is 27.0 Å². The van der Waals surface area contributed by atoms with Crippen molar-refractivity contribution in [2.24, 2.45) is 7.05 Å². The molecule has 208 valence electrons. The van der Waals surface area contributed by atoms with Crippen LogP contribution in [0.15, 0.2) is 64.2 Å². The number of rotatable bonds is 6. The first-order chi connectivity index (χ1) is 19.0. The third-order valence-corrected chi connectivity index (χ3v) is 6.91. The summed E-state index contributed by atoms with van der Waals surface area (Å²) in [6.45, 7) is -0.0273. The predicted molar refractivity (Wildman–Crippen MR) is 144 cm³/mol. The second-order valence-electron chi connectivity index (χ2n) is 9.66. The zero-order valence-electron chi connectivity index (χ0n) is 21.9. The summed E-state index contributed by atoms with van der Waals surface area (Å²) in [4.78, 5) is 29.9. The van der Waals surface area contributed by atoms with Gasteiger partial charge in [0.05, 0.1) is 12.3 Å². The highest BCUT2D eigenvalue weighted by Gasteiger charge is 2.37. The van der Waals surface area contributed by atoms with Crippen molar-refractivity contribution in [2.75, 3.05) is 35.8 Å². The van der Waals surface area contributed by atoms with Gasteiger partial charge in [0, 0.05) is 56.3 Å². The summed E-state index contributed by atoms with van der Waals surface area (Å²) in [7, 11) is 5.32. The maximum Gasteiger partial charge on any atom is 0.423 e. The molecule has 9 nitrogen and oxygen atoms in total. The number of aliphatic hydroxyl groups excluding tert-OH is 1. The fourth-order valence-electron chi connectivity index (χ4n) is 4.85. The lowest BCUT2D eigenvalue weighted by Crippen LogP contribution is -2.38. The van der Waals surface area contributed by atoms with Crippen molar-refractivity contribution in [3.8, 4) is 11.1 Å². The van der Waals surface area contributed by atoms with Crippen LogP contribution in [0, 0.1) is 0 Å². The zero-order chi connectivity index (χ0) is 28.8. The number of hydrogen-bond acceptors (Lipinski definition) is 7. The maximum atomic E-state index is 13.5. The lowest BCUT2D eigenvalue weighted by molar-refractivity contribution is -0.137. The number of halogens is 3. The molecule has 1 aliphatic rings. The van der Waals surface area contributed by atoms with Gasteiger partial charge in [-0.05, 0) is 47.9 Å². The van der Waals surface area contributed by atoms with Gasteiger partial charge in [-0.25, -0.2) is 0 Å². The molecule has 0 saturated carbocycles. The van der Waals surface area contributed by atoms with Crippen LogP contribution in [-0.4, -0.2) is 41.4 Å². The highest BCUT2D eigenvalue weighted by Crippen LogP contribution is 2.37. The van der Waals surface area contributed by atoms with E-state index in [-0.39, 0.29) is 11.6 Å². The molecule has 40 heavy (non-hydrogen) atoms. The Morgan fingerprint density at radius 3 is 2.60 bits per heavy atom. The van der Waals surface area contributed by atoms with E-state index in [2.05, 4.69) is 15.0 Å². The molecule has 12 heteroatoms. The van der Waals surface area contributed by atoms with Gasteiger partial charge in [-0.15, -0.1) is 0 Å². The summed E-state index contributed by atoms with van der Waals surface area (Å²) in [6, 6.07) is 12.2. The van der Waals surface area contributed by atoms with Crippen molar-refractivity contribution < 1.29 is 27.6 Å². The normalized spacial score (nSPS) is 13.4. The Balaban J connectivity index is 1.54. The molecule has 2 N–H and O–H groups in total. The van der Waals surface area contributed by atoms with Gasteiger partial charge in [-0.2, -0.15) is 13.2 Å². The monoisotopic (exact) mass is 553 g/mol. The van der Waals surface area contributed by atoms with Crippen molar-refractivity contribution >= 4 is 28.8 Å². The minimum absolute atomic E-state index is 0.173. The number of hydrogen-bond donors (Lipinski definition) is 2. The van der Waals surface area contributed by atoms with Crippen LogP contribution < -0.4 is 20.7 Å². The molecule has 3 heterocycles. The number of benzene rings is 2. The summed E-state index contributed by atoms with van der Waals surface area (Å²) in [5.74, 6) is -0.847. The average molecular weight is 554 g/mol. The molecule has 0 bridgehead atoms. The van der Waals surface area contributed by atoms with E-state index in [1.165, 1.54) is 23.9 Å². The van der Waals surface area contributed by atoms with E-state index in [0.29, 0.717) is 47.2 Å². The van der Waals surface area contributed by atoms with E-state index in [1.807, 2.05) is 31.1 Å². The van der Waals surface area contributed by atoms with Gasteiger partial charge in [0.15, 0.2) is 5.82 Å². The molecule has 4 aromatic rings. The average Bonchev–Trinajstić information content (AvgIpc) is 3.39. The molecular formula is C28H26F3N5O4. The molecule has 0 radical (unpaired) electrons. The summed E-state index contributed by atoms with van der Waals surface area (Å²) >= 11 is 0. The van der Waals surface area contributed by atoms with E-state index in [1.54, 1.807) is 29.2 Å². The number of amides is 1. The van der Waals surface area contributed by atoms with Crippen LogP contribution in [0.3, 0.4) is 0 Å². The number of aliphatic hydroxyl groups is 1. The minimum atomic E-state index is -4.74. The second-order valence-corrected chi connectivity index (χ2v) is 9.66. The van der Waals surface area contributed by atoms with Gasteiger partial charge >= 0.3 is 6.18 Å². The molecule has 0 atom stereocenters. The third-order valence-electron chi connectivity index (χ3n) is 6.91. The van der Waals surface area contributed by atoms with Crippen LogP contribution in [0.4, 0.5) is 36.1 Å². The SMILES string of the molecule is CN(C)c1ccc2c(c1)CCN(c1cccc(-c3cc(Nc4nocc4C(F)(F)F)c(=O)n(C)c3)c1CO)C2=O. The third kappa shape index (κ3) is 4.81. The molecule has 5 rings (SSSR count). The number of carbonyl (C=O) groups excluding carboxylic acids is 1. The number of alkyl halides is 3. The van der Waals surface area contributed by atoms with Gasteiger partial charge in [-0.1, -0.05) is 17.3 Å². The van der Waals surface area contributed by atoms with Gasteiger partial charge in [0.1, 0.15) is 17.5 Å². The maximum absolute atomic E-state index is 13.5. The van der Waals surface area contributed by atoms with Gasteiger partial charge in [0.25, 0.3) is 11.5 Å². The van der Waals surface area contributed by atoms with Crippen molar-refractivity contribution in [1.82, 2.24) is 9.72 Å². The van der Waals surface area contributed by atoms with Crippen molar-refractivity contribution in [2.45, 2.75) is 19.2 Å². The Morgan fingerprint density at radius 2 is 1.90 bits per heavy atom. The van der Waals surface area contributed by atoms with Crippen molar-refractivity contribution in [3.63, 3.8) is 0 Å². The van der Waals surface area contributed by atoms with E-state index >= 15 is 0 Å². The first-order valence-corrected chi connectivity index (χ1v) is 12.3. The van der Waals surface area contributed by atoms with Crippen LogP contribution in [0.2, 0.25) is 0 Å². The Labute approximate surface area is 227 Å². The lowest BCUT2D eigenvalue weighted by atomic mass is 9.94. The Bertz CT molecular complexity index is 1660. The number of anilines is 4. The summed E-state index contributed by atoms with van der Waals surface area (Å²) in [6.07, 6.45) is -2.16. The standard InChI is InChI=1S/C28H26F3N5O4/c1-34(2)18-7-8-20-16(11-18)9-10-36(26(20)38)24-6-4-5-19(21(24)14-37)17-12-23(27(39)35(3)13-17)32-25-22(15-40-33-25)28(29,30)31/h4-8,11-13,15,37H,9-10,14H2,1-3H3,(H,32,33). The highest BCUT2D eigenvalue weighted by atomic mass is 19.4. The van der Waals surface area contributed by atoms with E-state index in [9.17, 15) is 27.9 Å². The second kappa shape index (κ2) is 10.2. The Hall–Kier alpha value is -4.58. The molecule has 0 unspecified atom stereocenters. The summed E-state index contributed by atoms with van der Waals surface area (Å²) in [5, 5.41) is 16.2. The van der Waals surface area contributed by atoms with Crippen LogP contribution in [-0.2, 0) is 26.3 Å². The van der Waals surface area contributed by atoms with Crippen molar-refractivity contribution in [3.05, 3.63) is 87.5 Å². The summed E-state index contributed by atoms with van der Waals surface area (Å²) in [5.41, 5.74) is 2.48. The van der Waals surface area contributed by atoms with Crippen LogP contribution in [0.25, 0.3) is 11.1 Å². The van der Waals surface area contributed by atoms with Crippen LogP contribution >= 0.6 is 0 Å². The number of nitrogens with zero attached hydrogens (tertiary/aromatic N) is 4. The predicted octanol–water partition coefficient (Wildman–Crippen LogP) is 4.56. The molecule has 2 aromatic carbocycles. The van der Waals surface area contributed by atoms with Gasteiger partial charge < -0.3 is 29.3 Å². The Kier molecular flexibility index (Phi) is 6.88. The quantitative estimate of drug-likeness (QED) is 0.361. The number of fused-ring (bicyclic) bond motifs is 1. The molecule has 0 spiro atoms. The first-order valence-electron chi connectivity index (χ1n) is 12.3. The van der Waals surface area contributed by atoms with Gasteiger partial charge in [0.2, 0.25) is 0 Å². The molecule has 2 aromatic heterocycles. The zero-order valence-corrected chi connectivity index (χ0v) is 21.9. The lowest BCUT2D eigenvalue weighted by Gasteiger charge is -2.31. The van der Waals surface area contributed by atoms with Crippen molar-refractivity contribution in [1.29, 1.82) is 0 Å². The van der Waals surface area contributed by atoms with E-state index in [0.717, 1.165) is 11.3 Å². The molecular weight excluding hydrogens is 527 g/mol. The topological polar surface area (TPSA) is 104 Å². The number of aryl methyl sites for hydroxylation is 1. The smallest absolute Gasteiger partial charge is 0.392 e. The fraction of sp³-hybridized carbons (Fsp3) is 0.250. The molecule has 1 aliphatic heterocycles. The van der Waals surface area contributed by atoms with Gasteiger partial charge in [-0.3, -0.25) is 9.59 Å². The number of aromatic nitrogens is 2. The number of carbonyl (C=O) groups is 1.